The molecule has 0 amide bonds. The number of ether oxygens (including phenoxy) is 1. The Balaban J connectivity index is 1.77. The molecule has 0 aromatic heterocycles. The molecule has 0 bridgehead atoms. The lowest BCUT2D eigenvalue weighted by atomic mass is 9.82. The van der Waals surface area contributed by atoms with Gasteiger partial charge in [0.05, 0.1) is 12.7 Å². The first-order chi connectivity index (χ1) is 9.66. The highest BCUT2D eigenvalue weighted by molar-refractivity contribution is 5.97. The highest BCUT2D eigenvalue weighted by Crippen LogP contribution is 2.29. The highest BCUT2D eigenvalue weighted by atomic mass is 16.5. The van der Waals surface area contributed by atoms with E-state index in [-0.39, 0.29) is 23.6 Å². The molecule has 1 aliphatic rings. The Morgan fingerprint density at radius 2 is 1.75 bits per heavy atom. The van der Waals surface area contributed by atoms with Crippen molar-refractivity contribution in [2.45, 2.75) is 45.1 Å². The van der Waals surface area contributed by atoms with Gasteiger partial charge in [-0.15, -0.1) is 0 Å². The summed E-state index contributed by atoms with van der Waals surface area (Å²) in [5, 5.41) is 0. The Bertz CT molecular complexity index is 445. The van der Waals surface area contributed by atoms with Crippen molar-refractivity contribution >= 4 is 11.6 Å². The Morgan fingerprint density at radius 1 is 1.10 bits per heavy atom. The van der Waals surface area contributed by atoms with Gasteiger partial charge in [0.2, 0.25) is 0 Å². The number of carbonyl (C=O) groups is 2. The second-order valence-electron chi connectivity index (χ2n) is 5.53. The van der Waals surface area contributed by atoms with E-state index in [0.717, 1.165) is 31.2 Å². The van der Waals surface area contributed by atoms with Crippen molar-refractivity contribution in [1.29, 1.82) is 0 Å². The summed E-state index contributed by atoms with van der Waals surface area (Å²) in [5.41, 5.74) is 0.813. The molecular formula is C17H22O3. The number of hydrogen-bond acceptors (Lipinski definition) is 3. The van der Waals surface area contributed by atoms with Crippen molar-refractivity contribution in [1.82, 2.24) is 0 Å². The SMILES string of the molecule is CC(=O)CCOC1CCC(C(=O)c2ccccc2)CC1. The van der Waals surface area contributed by atoms with Gasteiger partial charge in [0.1, 0.15) is 5.78 Å². The maximum atomic E-state index is 12.3. The molecule has 20 heavy (non-hydrogen) atoms. The summed E-state index contributed by atoms with van der Waals surface area (Å²) in [4.78, 5) is 23.2. The second-order valence-corrected chi connectivity index (χ2v) is 5.53. The Hall–Kier alpha value is -1.48. The van der Waals surface area contributed by atoms with Crippen LogP contribution >= 0.6 is 0 Å². The van der Waals surface area contributed by atoms with Gasteiger partial charge in [0.25, 0.3) is 0 Å². The molecule has 1 saturated carbocycles. The van der Waals surface area contributed by atoms with Gasteiger partial charge < -0.3 is 4.74 Å². The van der Waals surface area contributed by atoms with Crippen LogP contribution in [0.15, 0.2) is 30.3 Å². The lowest BCUT2D eigenvalue weighted by Gasteiger charge is -2.27. The monoisotopic (exact) mass is 274 g/mol. The van der Waals surface area contributed by atoms with Crippen LogP contribution in [0.5, 0.6) is 0 Å². The lowest BCUT2D eigenvalue weighted by Crippen LogP contribution is -2.26. The van der Waals surface area contributed by atoms with Crippen molar-refractivity contribution in [2.75, 3.05) is 6.61 Å². The summed E-state index contributed by atoms with van der Waals surface area (Å²) in [7, 11) is 0. The summed E-state index contributed by atoms with van der Waals surface area (Å²) >= 11 is 0. The summed E-state index contributed by atoms with van der Waals surface area (Å²) < 4.78 is 5.70. The topological polar surface area (TPSA) is 43.4 Å². The number of benzene rings is 1. The largest absolute Gasteiger partial charge is 0.378 e. The smallest absolute Gasteiger partial charge is 0.165 e. The summed E-state index contributed by atoms with van der Waals surface area (Å²) in [5.74, 6) is 0.552. The Kier molecular flexibility index (Phi) is 5.48. The molecule has 1 aliphatic carbocycles. The van der Waals surface area contributed by atoms with Gasteiger partial charge in [0.15, 0.2) is 5.78 Å². The van der Waals surface area contributed by atoms with Crippen LogP contribution in [-0.4, -0.2) is 24.3 Å². The van der Waals surface area contributed by atoms with E-state index in [4.69, 9.17) is 4.74 Å². The standard InChI is InChI=1S/C17H22O3/c1-13(18)11-12-20-16-9-7-15(8-10-16)17(19)14-5-3-2-4-6-14/h2-6,15-16H,7-12H2,1H3. The van der Waals surface area contributed by atoms with Gasteiger partial charge in [-0.25, -0.2) is 0 Å². The molecule has 3 heteroatoms. The zero-order valence-corrected chi connectivity index (χ0v) is 12.0. The minimum Gasteiger partial charge on any atom is -0.378 e. The number of rotatable bonds is 6. The molecule has 2 rings (SSSR count). The van der Waals surface area contributed by atoms with Crippen LogP contribution in [0.25, 0.3) is 0 Å². The molecule has 0 atom stereocenters. The van der Waals surface area contributed by atoms with Gasteiger partial charge >= 0.3 is 0 Å². The van der Waals surface area contributed by atoms with Crippen LogP contribution < -0.4 is 0 Å². The third-order valence-corrected chi connectivity index (χ3v) is 3.91. The van der Waals surface area contributed by atoms with Gasteiger partial charge in [-0.2, -0.15) is 0 Å². The van der Waals surface area contributed by atoms with Crippen LogP contribution in [0.1, 0.15) is 49.4 Å². The van der Waals surface area contributed by atoms with Crippen LogP contribution in [-0.2, 0) is 9.53 Å². The van der Waals surface area contributed by atoms with Gasteiger partial charge in [-0.05, 0) is 32.6 Å². The molecule has 0 N–H and O–H groups in total. The van der Waals surface area contributed by atoms with Gasteiger partial charge in [-0.1, -0.05) is 30.3 Å². The van der Waals surface area contributed by atoms with Crippen molar-refractivity contribution in [3.8, 4) is 0 Å². The predicted octanol–water partition coefficient (Wildman–Crippen LogP) is 3.42. The molecule has 3 nitrogen and oxygen atoms in total. The molecule has 0 unspecified atom stereocenters. The van der Waals surface area contributed by atoms with Crippen molar-refractivity contribution in [2.24, 2.45) is 5.92 Å². The van der Waals surface area contributed by atoms with Crippen LogP contribution in [0.2, 0.25) is 0 Å². The van der Waals surface area contributed by atoms with Crippen LogP contribution in [0, 0.1) is 5.92 Å². The quantitative estimate of drug-likeness (QED) is 0.746. The highest BCUT2D eigenvalue weighted by Gasteiger charge is 2.27. The lowest BCUT2D eigenvalue weighted by molar-refractivity contribution is -0.118. The molecule has 0 heterocycles. The molecule has 1 fully saturated rings. The predicted molar refractivity (Wildman–Crippen MR) is 77.8 cm³/mol. The van der Waals surface area contributed by atoms with Crippen molar-refractivity contribution in [3.63, 3.8) is 0 Å². The third-order valence-electron chi connectivity index (χ3n) is 3.91. The molecule has 1 aromatic carbocycles. The van der Waals surface area contributed by atoms with E-state index in [0.29, 0.717) is 13.0 Å². The van der Waals surface area contributed by atoms with E-state index in [2.05, 4.69) is 0 Å². The molecule has 1 aromatic rings. The maximum absolute atomic E-state index is 12.3. The maximum Gasteiger partial charge on any atom is 0.165 e. The molecular weight excluding hydrogens is 252 g/mol. The Morgan fingerprint density at radius 3 is 2.35 bits per heavy atom. The summed E-state index contributed by atoms with van der Waals surface area (Å²) in [6, 6.07) is 9.51. The zero-order chi connectivity index (χ0) is 14.4. The van der Waals surface area contributed by atoms with E-state index in [1.54, 1.807) is 6.92 Å². The first-order valence-electron chi connectivity index (χ1n) is 7.37. The molecule has 0 saturated heterocycles. The number of Topliss-reactive ketones (excluding diaryl/α,β-unsaturated/α-hetero) is 2. The van der Waals surface area contributed by atoms with Crippen molar-refractivity contribution < 1.29 is 14.3 Å². The minimum absolute atomic E-state index is 0.130. The van der Waals surface area contributed by atoms with Gasteiger partial charge in [-0.3, -0.25) is 9.59 Å². The first-order valence-corrected chi connectivity index (χ1v) is 7.37. The van der Waals surface area contributed by atoms with Crippen LogP contribution in [0.4, 0.5) is 0 Å². The van der Waals surface area contributed by atoms with E-state index in [9.17, 15) is 9.59 Å². The number of carbonyl (C=O) groups excluding carboxylic acids is 2. The second kappa shape index (κ2) is 7.34. The van der Waals surface area contributed by atoms with E-state index >= 15 is 0 Å². The molecule has 0 spiro atoms. The first kappa shape index (κ1) is 14.9. The molecule has 0 radical (unpaired) electrons. The zero-order valence-electron chi connectivity index (χ0n) is 12.0. The average molecular weight is 274 g/mol. The van der Waals surface area contributed by atoms with E-state index < -0.39 is 0 Å². The van der Waals surface area contributed by atoms with E-state index in [1.165, 1.54) is 0 Å². The van der Waals surface area contributed by atoms with Crippen molar-refractivity contribution in [3.05, 3.63) is 35.9 Å². The summed E-state index contributed by atoms with van der Waals surface area (Å²) in [6.07, 6.45) is 4.32. The molecule has 108 valence electrons. The molecule has 0 aliphatic heterocycles. The number of ketones is 2. The fraction of sp³-hybridized carbons (Fsp3) is 0.529. The van der Waals surface area contributed by atoms with E-state index in [1.807, 2.05) is 30.3 Å². The third kappa shape index (κ3) is 4.27. The summed E-state index contributed by atoms with van der Waals surface area (Å²) in [6.45, 7) is 2.09. The Labute approximate surface area is 120 Å². The van der Waals surface area contributed by atoms with Crippen LogP contribution in [0.3, 0.4) is 0 Å². The fourth-order valence-electron chi connectivity index (χ4n) is 2.70. The minimum atomic E-state index is 0.130. The van der Waals surface area contributed by atoms with Gasteiger partial charge in [0, 0.05) is 17.9 Å². The fourth-order valence-corrected chi connectivity index (χ4v) is 2.70. The average Bonchev–Trinajstić information content (AvgIpc) is 2.48. The number of hydrogen-bond donors (Lipinski definition) is 0. The normalized spacial score (nSPS) is 22.4.